The molecule has 11 nitrogen and oxygen atoms in total. The second-order valence-electron chi connectivity index (χ2n) is 6.60. The highest BCUT2D eigenvalue weighted by atomic mass is 32.2. The van der Waals surface area contributed by atoms with Crippen molar-refractivity contribution in [3.05, 3.63) is 58.1 Å². The fourth-order valence-electron chi connectivity index (χ4n) is 2.70. The van der Waals surface area contributed by atoms with E-state index >= 15 is 0 Å². The summed E-state index contributed by atoms with van der Waals surface area (Å²) < 4.78 is 28.5. The molecule has 0 bridgehead atoms. The van der Waals surface area contributed by atoms with Gasteiger partial charge in [-0.15, -0.1) is 0 Å². The van der Waals surface area contributed by atoms with Crippen LogP contribution in [0.5, 0.6) is 5.75 Å². The number of ether oxygens (including phenoxy) is 1. The van der Waals surface area contributed by atoms with Gasteiger partial charge in [-0.1, -0.05) is 12.1 Å². The van der Waals surface area contributed by atoms with Crippen LogP contribution in [0.15, 0.2) is 47.4 Å². The van der Waals surface area contributed by atoms with Gasteiger partial charge in [-0.05, 0) is 31.2 Å². The van der Waals surface area contributed by atoms with Crippen LogP contribution in [-0.4, -0.2) is 57.7 Å². The molecule has 2 aromatic carbocycles. The van der Waals surface area contributed by atoms with Crippen LogP contribution >= 0.6 is 0 Å². The number of sulfone groups is 1. The van der Waals surface area contributed by atoms with E-state index in [1.54, 1.807) is 31.2 Å². The molecule has 0 fully saturated rings. The molecular weight excluding hydrogens is 440 g/mol. The molecule has 3 N–H and O–H groups in total. The number of nitrogens with one attached hydrogen (secondary N) is 3. The first-order chi connectivity index (χ1) is 15.1. The van der Waals surface area contributed by atoms with Crippen LogP contribution in [0.25, 0.3) is 0 Å². The molecule has 0 aliphatic heterocycles. The first kappa shape index (κ1) is 24.6. The Hall–Kier alpha value is -3.67. The van der Waals surface area contributed by atoms with E-state index in [1.165, 1.54) is 12.1 Å². The van der Waals surface area contributed by atoms with Crippen molar-refractivity contribution in [3.8, 4) is 5.75 Å². The number of nitro groups is 1. The Bertz CT molecular complexity index is 1100. The lowest BCUT2D eigenvalue weighted by Gasteiger charge is -2.11. The molecule has 0 unspecified atom stereocenters. The van der Waals surface area contributed by atoms with Crippen molar-refractivity contribution < 1.29 is 27.7 Å². The summed E-state index contributed by atoms with van der Waals surface area (Å²) in [6.45, 7) is 2.20. The molecule has 0 aliphatic carbocycles. The number of para-hydroxylation sites is 1. The molecule has 0 atom stereocenters. The SMILES string of the molecule is CCOc1ccccc1C(=O)NCC(=O)NCCNc1ccc(S(C)(=O)=O)cc1[N+](=O)[O-]. The largest absolute Gasteiger partial charge is 0.493 e. The van der Waals surface area contributed by atoms with Crippen LogP contribution in [0.2, 0.25) is 0 Å². The summed E-state index contributed by atoms with van der Waals surface area (Å²) in [7, 11) is -3.58. The van der Waals surface area contributed by atoms with Gasteiger partial charge in [-0.25, -0.2) is 8.42 Å². The summed E-state index contributed by atoms with van der Waals surface area (Å²) in [6, 6.07) is 10.2. The molecule has 0 heterocycles. The Labute approximate surface area is 185 Å². The number of rotatable bonds is 11. The van der Waals surface area contributed by atoms with Crippen LogP contribution in [0.4, 0.5) is 11.4 Å². The number of hydrogen-bond acceptors (Lipinski definition) is 8. The zero-order valence-electron chi connectivity index (χ0n) is 17.6. The Morgan fingerprint density at radius 1 is 1.09 bits per heavy atom. The highest BCUT2D eigenvalue weighted by molar-refractivity contribution is 7.90. The predicted molar refractivity (Wildman–Crippen MR) is 118 cm³/mol. The Morgan fingerprint density at radius 2 is 1.81 bits per heavy atom. The number of benzene rings is 2. The summed E-state index contributed by atoms with van der Waals surface area (Å²) in [5, 5.41) is 19.1. The van der Waals surface area contributed by atoms with E-state index in [9.17, 15) is 28.1 Å². The van der Waals surface area contributed by atoms with Gasteiger partial charge >= 0.3 is 0 Å². The number of carbonyl (C=O) groups is 2. The molecule has 0 saturated heterocycles. The Balaban J connectivity index is 1.84. The normalized spacial score (nSPS) is 10.8. The van der Waals surface area contributed by atoms with Gasteiger partial charge in [0.2, 0.25) is 5.91 Å². The first-order valence-corrected chi connectivity index (χ1v) is 11.5. The Morgan fingerprint density at radius 3 is 2.47 bits per heavy atom. The number of nitrogens with zero attached hydrogens (tertiary/aromatic N) is 1. The maximum absolute atomic E-state index is 12.3. The molecule has 12 heteroatoms. The molecule has 0 spiro atoms. The average Bonchev–Trinajstić information content (AvgIpc) is 2.75. The standard InChI is InChI=1S/C20H24N4O7S/c1-3-31-18-7-5-4-6-15(18)20(26)23-13-19(25)22-11-10-21-16-9-8-14(32(2,29)30)12-17(16)24(27)28/h4-9,12,21H,3,10-11,13H2,1-2H3,(H,22,25)(H,23,26). The number of anilines is 1. The van der Waals surface area contributed by atoms with E-state index in [-0.39, 0.29) is 35.9 Å². The van der Waals surface area contributed by atoms with Crippen LogP contribution in [0.3, 0.4) is 0 Å². The van der Waals surface area contributed by atoms with E-state index in [4.69, 9.17) is 4.74 Å². The molecule has 2 amide bonds. The maximum Gasteiger partial charge on any atom is 0.293 e. The maximum atomic E-state index is 12.3. The third-order valence-electron chi connectivity index (χ3n) is 4.20. The topological polar surface area (TPSA) is 157 Å². The highest BCUT2D eigenvalue weighted by Gasteiger charge is 2.18. The van der Waals surface area contributed by atoms with Gasteiger partial charge in [-0.3, -0.25) is 19.7 Å². The molecule has 2 aromatic rings. The third kappa shape index (κ3) is 6.94. The fraction of sp³-hybridized carbons (Fsp3) is 0.300. The van der Waals surface area contributed by atoms with Crippen LogP contribution in [0.1, 0.15) is 17.3 Å². The molecular formula is C20H24N4O7S. The Kier molecular flexibility index (Phi) is 8.53. The summed E-state index contributed by atoms with van der Waals surface area (Å²) in [6.07, 6.45) is 0.961. The van der Waals surface area contributed by atoms with E-state index in [1.807, 2.05) is 0 Å². The van der Waals surface area contributed by atoms with Crippen LogP contribution < -0.4 is 20.7 Å². The van der Waals surface area contributed by atoms with Gasteiger partial charge in [0.05, 0.1) is 28.5 Å². The second kappa shape index (κ2) is 11.1. The smallest absolute Gasteiger partial charge is 0.293 e. The van der Waals surface area contributed by atoms with Gasteiger partial charge in [0.15, 0.2) is 9.84 Å². The van der Waals surface area contributed by atoms with E-state index in [2.05, 4.69) is 16.0 Å². The molecule has 0 radical (unpaired) electrons. The minimum absolute atomic E-state index is 0.120. The van der Waals surface area contributed by atoms with Crippen molar-refractivity contribution in [1.82, 2.24) is 10.6 Å². The number of carbonyl (C=O) groups excluding carboxylic acids is 2. The second-order valence-corrected chi connectivity index (χ2v) is 8.61. The molecule has 0 saturated carbocycles. The summed E-state index contributed by atoms with van der Waals surface area (Å²) in [5.41, 5.74) is 0.0469. The lowest BCUT2D eigenvalue weighted by Crippen LogP contribution is -2.38. The van der Waals surface area contributed by atoms with E-state index in [0.717, 1.165) is 12.3 Å². The van der Waals surface area contributed by atoms with Gasteiger partial charge in [0, 0.05) is 25.4 Å². The number of nitro benzene ring substituents is 1. The van der Waals surface area contributed by atoms with Crippen LogP contribution in [-0.2, 0) is 14.6 Å². The van der Waals surface area contributed by atoms with Crippen molar-refractivity contribution in [3.63, 3.8) is 0 Å². The van der Waals surface area contributed by atoms with Gasteiger partial charge in [0.25, 0.3) is 11.6 Å². The van der Waals surface area contributed by atoms with E-state index < -0.39 is 26.6 Å². The summed E-state index contributed by atoms with van der Waals surface area (Å²) in [4.78, 5) is 34.6. The zero-order chi connectivity index (χ0) is 23.7. The summed E-state index contributed by atoms with van der Waals surface area (Å²) >= 11 is 0. The number of amides is 2. The fourth-order valence-corrected chi connectivity index (χ4v) is 3.34. The monoisotopic (exact) mass is 464 g/mol. The molecule has 32 heavy (non-hydrogen) atoms. The van der Waals surface area contributed by atoms with Crippen molar-refractivity contribution in [1.29, 1.82) is 0 Å². The van der Waals surface area contributed by atoms with Crippen molar-refractivity contribution in [2.45, 2.75) is 11.8 Å². The number of hydrogen-bond donors (Lipinski definition) is 3. The highest BCUT2D eigenvalue weighted by Crippen LogP contribution is 2.27. The minimum Gasteiger partial charge on any atom is -0.493 e. The van der Waals surface area contributed by atoms with Crippen molar-refractivity contribution in [2.24, 2.45) is 0 Å². The lowest BCUT2D eigenvalue weighted by atomic mass is 10.2. The van der Waals surface area contributed by atoms with Crippen molar-refractivity contribution >= 4 is 33.0 Å². The van der Waals surface area contributed by atoms with Gasteiger partial charge < -0.3 is 20.7 Å². The summed E-state index contributed by atoms with van der Waals surface area (Å²) in [5.74, 6) is -0.486. The molecule has 0 aromatic heterocycles. The quantitative estimate of drug-likeness (QED) is 0.256. The predicted octanol–water partition coefficient (Wildman–Crippen LogP) is 1.36. The van der Waals surface area contributed by atoms with Crippen LogP contribution in [0, 0.1) is 10.1 Å². The average molecular weight is 465 g/mol. The molecule has 172 valence electrons. The van der Waals surface area contributed by atoms with Gasteiger partial charge in [0.1, 0.15) is 11.4 Å². The van der Waals surface area contributed by atoms with Crippen molar-refractivity contribution in [2.75, 3.05) is 37.8 Å². The van der Waals surface area contributed by atoms with E-state index in [0.29, 0.717) is 17.9 Å². The minimum atomic E-state index is -3.58. The van der Waals surface area contributed by atoms with Gasteiger partial charge in [-0.2, -0.15) is 0 Å². The lowest BCUT2D eigenvalue weighted by molar-refractivity contribution is -0.384. The molecule has 2 rings (SSSR count). The zero-order valence-corrected chi connectivity index (χ0v) is 18.4. The molecule has 0 aliphatic rings. The third-order valence-corrected chi connectivity index (χ3v) is 5.31. The first-order valence-electron chi connectivity index (χ1n) is 9.62.